The Balaban J connectivity index is 1.55. The summed E-state index contributed by atoms with van der Waals surface area (Å²) in [6.45, 7) is 4.65. The van der Waals surface area contributed by atoms with E-state index in [0.717, 1.165) is 55.0 Å². The number of aromatic nitrogens is 2. The molecule has 6 heteroatoms. The molecule has 1 N–H and O–H groups in total. The van der Waals surface area contributed by atoms with E-state index in [4.69, 9.17) is 0 Å². The van der Waals surface area contributed by atoms with Crippen molar-refractivity contribution in [1.29, 1.82) is 0 Å². The molecule has 1 aliphatic heterocycles. The number of aryl methyl sites for hydroxylation is 2. The third-order valence-corrected chi connectivity index (χ3v) is 5.31. The minimum atomic E-state index is -0.219. The molecule has 0 spiro atoms. The number of carbonyl (C=O) groups excluding carboxylic acids is 1. The molecule has 128 valence electrons. The number of likely N-dealkylation sites (tertiary alicyclic amines) is 1. The smallest absolute Gasteiger partial charge is 0.242 e. The van der Waals surface area contributed by atoms with E-state index in [2.05, 4.69) is 25.6 Å². The maximum absolute atomic E-state index is 12.8. The van der Waals surface area contributed by atoms with E-state index in [1.54, 1.807) is 23.7 Å². The molecule has 0 bridgehead atoms. The molecule has 1 aliphatic rings. The zero-order valence-electron chi connectivity index (χ0n) is 14.1. The first-order chi connectivity index (χ1) is 11.7. The number of hydrogen-bond acceptors (Lipinski definition) is 5. The van der Waals surface area contributed by atoms with Crippen LogP contribution in [-0.4, -0.2) is 40.4 Å². The highest BCUT2D eigenvalue weighted by Crippen LogP contribution is 2.24. The van der Waals surface area contributed by atoms with Crippen LogP contribution in [0.4, 0.5) is 0 Å². The fraction of sp³-hybridized carbons (Fsp3) is 0.500. The molecule has 2 aromatic heterocycles. The van der Waals surface area contributed by atoms with Crippen LogP contribution in [0.2, 0.25) is 0 Å². The number of thiazole rings is 1. The normalized spacial score (nSPS) is 16.2. The molecule has 0 aromatic carbocycles. The van der Waals surface area contributed by atoms with Crippen LogP contribution in [-0.2, 0) is 11.2 Å². The Labute approximate surface area is 147 Å². The van der Waals surface area contributed by atoms with E-state index in [0.29, 0.717) is 6.54 Å². The summed E-state index contributed by atoms with van der Waals surface area (Å²) < 4.78 is 0. The zero-order chi connectivity index (χ0) is 16.8. The maximum atomic E-state index is 12.8. The average Bonchev–Trinajstić information content (AvgIpc) is 3.25. The lowest BCUT2D eigenvalue weighted by atomic mass is 10.1. The Morgan fingerprint density at radius 1 is 1.42 bits per heavy atom. The number of carbonyl (C=O) groups is 1. The maximum Gasteiger partial charge on any atom is 0.242 e. The first kappa shape index (κ1) is 17.0. The number of nitrogens with zero attached hydrogens (tertiary/aromatic N) is 3. The molecule has 1 saturated heterocycles. The topological polar surface area (TPSA) is 58.1 Å². The van der Waals surface area contributed by atoms with Gasteiger partial charge in [-0.05, 0) is 50.9 Å². The van der Waals surface area contributed by atoms with Crippen molar-refractivity contribution < 1.29 is 4.79 Å². The number of pyridine rings is 1. The van der Waals surface area contributed by atoms with Crippen LogP contribution in [0.5, 0.6) is 0 Å². The van der Waals surface area contributed by atoms with Crippen LogP contribution in [0, 0.1) is 6.92 Å². The van der Waals surface area contributed by atoms with Crippen molar-refractivity contribution in [3.63, 3.8) is 0 Å². The van der Waals surface area contributed by atoms with Crippen LogP contribution < -0.4 is 5.32 Å². The fourth-order valence-corrected chi connectivity index (χ4v) is 3.95. The zero-order valence-corrected chi connectivity index (χ0v) is 14.9. The molecule has 1 amide bonds. The molecule has 24 heavy (non-hydrogen) atoms. The van der Waals surface area contributed by atoms with Crippen molar-refractivity contribution in [1.82, 2.24) is 20.2 Å². The molecular weight excluding hydrogens is 320 g/mol. The Bertz CT molecular complexity index is 652. The van der Waals surface area contributed by atoms with Crippen molar-refractivity contribution in [3.05, 3.63) is 46.2 Å². The van der Waals surface area contributed by atoms with Crippen LogP contribution in [0.25, 0.3) is 0 Å². The van der Waals surface area contributed by atoms with E-state index in [1.165, 1.54) is 0 Å². The first-order valence-electron chi connectivity index (χ1n) is 8.57. The minimum Gasteiger partial charge on any atom is -0.354 e. The molecule has 5 nitrogen and oxygen atoms in total. The number of rotatable bonds is 7. The van der Waals surface area contributed by atoms with Gasteiger partial charge in [0.25, 0.3) is 0 Å². The van der Waals surface area contributed by atoms with Gasteiger partial charge < -0.3 is 5.32 Å². The van der Waals surface area contributed by atoms with Gasteiger partial charge in [-0.15, -0.1) is 11.3 Å². The average molecular weight is 344 g/mol. The van der Waals surface area contributed by atoms with Crippen molar-refractivity contribution >= 4 is 17.2 Å². The molecule has 3 heterocycles. The molecule has 2 aromatic rings. The predicted octanol–water partition coefficient (Wildman–Crippen LogP) is 2.73. The summed E-state index contributed by atoms with van der Waals surface area (Å²) in [4.78, 5) is 23.7. The van der Waals surface area contributed by atoms with Gasteiger partial charge in [0.1, 0.15) is 6.04 Å². The molecule has 1 atom stereocenters. The monoisotopic (exact) mass is 344 g/mol. The van der Waals surface area contributed by atoms with Crippen LogP contribution in [0.3, 0.4) is 0 Å². The third kappa shape index (κ3) is 4.39. The Hall–Kier alpha value is -1.79. The van der Waals surface area contributed by atoms with Crippen molar-refractivity contribution in [2.24, 2.45) is 0 Å². The lowest BCUT2D eigenvalue weighted by molar-refractivity contribution is -0.126. The summed E-state index contributed by atoms with van der Waals surface area (Å²) in [6.07, 6.45) is 7.71. The Morgan fingerprint density at radius 3 is 2.92 bits per heavy atom. The van der Waals surface area contributed by atoms with Gasteiger partial charge in [-0.2, -0.15) is 0 Å². The van der Waals surface area contributed by atoms with Crippen LogP contribution >= 0.6 is 11.3 Å². The lowest BCUT2D eigenvalue weighted by Gasteiger charge is -2.26. The van der Waals surface area contributed by atoms with E-state index in [1.807, 2.05) is 19.1 Å². The Kier molecular flexibility index (Phi) is 5.93. The highest BCUT2D eigenvalue weighted by atomic mass is 32.1. The molecule has 0 aliphatic carbocycles. The molecule has 0 unspecified atom stereocenters. The summed E-state index contributed by atoms with van der Waals surface area (Å²) in [5.41, 5.74) is 2.05. The van der Waals surface area contributed by atoms with Crippen LogP contribution in [0.1, 0.15) is 41.6 Å². The highest BCUT2D eigenvalue weighted by molar-refractivity contribution is 7.09. The van der Waals surface area contributed by atoms with E-state index in [-0.39, 0.29) is 11.9 Å². The van der Waals surface area contributed by atoms with Gasteiger partial charge in [0, 0.05) is 36.4 Å². The van der Waals surface area contributed by atoms with Gasteiger partial charge >= 0.3 is 0 Å². The summed E-state index contributed by atoms with van der Waals surface area (Å²) in [5, 5.41) is 6.32. The highest BCUT2D eigenvalue weighted by Gasteiger charge is 2.29. The Morgan fingerprint density at radius 2 is 2.25 bits per heavy atom. The molecular formula is C18H24N4OS. The first-order valence-corrected chi connectivity index (χ1v) is 9.45. The summed E-state index contributed by atoms with van der Waals surface area (Å²) in [7, 11) is 0. The SMILES string of the molecule is Cc1csc(CCCNC(=O)[C@H](c2cccnc2)N2CCCC2)n1. The second kappa shape index (κ2) is 8.35. The van der Waals surface area contributed by atoms with Gasteiger partial charge in [-0.3, -0.25) is 14.7 Å². The van der Waals surface area contributed by atoms with E-state index in [9.17, 15) is 4.79 Å². The van der Waals surface area contributed by atoms with Crippen molar-refractivity contribution in [2.45, 2.75) is 38.6 Å². The molecule has 0 radical (unpaired) electrons. The summed E-state index contributed by atoms with van der Waals surface area (Å²) >= 11 is 1.69. The molecule has 1 fully saturated rings. The number of amides is 1. The van der Waals surface area contributed by atoms with E-state index < -0.39 is 0 Å². The van der Waals surface area contributed by atoms with Gasteiger partial charge in [-0.1, -0.05) is 6.07 Å². The fourth-order valence-electron chi connectivity index (χ4n) is 3.13. The largest absolute Gasteiger partial charge is 0.354 e. The minimum absolute atomic E-state index is 0.0835. The van der Waals surface area contributed by atoms with Gasteiger partial charge in [0.2, 0.25) is 5.91 Å². The third-order valence-electron chi connectivity index (χ3n) is 4.29. The summed E-state index contributed by atoms with van der Waals surface area (Å²) in [6, 6.07) is 3.67. The standard InChI is InChI=1S/C18H24N4OS/c1-14-13-24-16(21-14)7-5-9-20-18(23)17(22-10-2-3-11-22)15-6-4-8-19-12-15/h4,6,8,12-13,17H,2-3,5,7,9-11H2,1H3,(H,20,23)/t17-/m0/s1. The van der Waals surface area contributed by atoms with Crippen LogP contribution in [0.15, 0.2) is 29.9 Å². The second-order valence-corrected chi connectivity index (χ2v) is 7.15. The molecule has 3 rings (SSSR count). The van der Waals surface area contributed by atoms with Gasteiger partial charge in [0.15, 0.2) is 0 Å². The molecule has 0 saturated carbocycles. The van der Waals surface area contributed by atoms with E-state index >= 15 is 0 Å². The lowest BCUT2D eigenvalue weighted by Crippen LogP contribution is -2.39. The summed E-state index contributed by atoms with van der Waals surface area (Å²) in [5.74, 6) is 0.0835. The van der Waals surface area contributed by atoms with Crippen molar-refractivity contribution in [2.75, 3.05) is 19.6 Å². The number of nitrogens with one attached hydrogen (secondary N) is 1. The van der Waals surface area contributed by atoms with Crippen molar-refractivity contribution in [3.8, 4) is 0 Å². The van der Waals surface area contributed by atoms with Gasteiger partial charge in [0.05, 0.1) is 5.01 Å². The quantitative estimate of drug-likeness (QED) is 0.785. The van der Waals surface area contributed by atoms with Gasteiger partial charge in [-0.25, -0.2) is 4.98 Å². The number of hydrogen-bond donors (Lipinski definition) is 1. The second-order valence-electron chi connectivity index (χ2n) is 6.21. The predicted molar refractivity (Wildman–Crippen MR) is 96.0 cm³/mol.